The van der Waals surface area contributed by atoms with Crippen LogP contribution in [0.5, 0.6) is 0 Å². The SMILES string of the molecule is CC(C(=O)O)C(N)c1ccc2ncoc2c1. The lowest BCUT2D eigenvalue weighted by atomic mass is 9.95. The average Bonchev–Trinajstić information content (AvgIpc) is 2.73. The van der Waals surface area contributed by atoms with Crippen molar-refractivity contribution in [3.05, 3.63) is 30.2 Å². The molecule has 0 fully saturated rings. The zero-order valence-electron chi connectivity index (χ0n) is 8.75. The van der Waals surface area contributed by atoms with E-state index in [0.717, 1.165) is 11.1 Å². The van der Waals surface area contributed by atoms with E-state index in [0.29, 0.717) is 5.58 Å². The standard InChI is InChI=1S/C11H12N2O3/c1-6(11(14)15)10(12)7-2-3-8-9(4-7)16-5-13-8/h2-6,10H,12H2,1H3,(H,14,15). The molecule has 2 unspecified atom stereocenters. The third-order valence-corrected chi connectivity index (χ3v) is 2.67. The van der Waals surface area contributed by atoms with Crippen molar-refractivity contribution < 1.29 is 14.3 Å². The second kappa shape index (κ2) is 3.94. The highest BCUT2D eigenvalue weighted by Crippen LogP contribution is 2.23. The first-order valence-electron chi connectivity index (χ1n) is 4.91. The smallest absolute Gasteiger partial charge is 0.308 e. The zero-order chi connectivity index (χ0) is 11.7. The molecule has 0 radical (unpaired) electrons. The number of fused-ring (bicyclic) bond motifs is 1. The Morgan fingerprint density at radius 3 is 3.00 bits per heavy atom. The van der Waals surface area contributed by atoms with Crippen LogP contribution in [0, 0.1) is 5.92 Å². The highest BCUT2D eigenvalue weighted by molar-refractivity contribution is 5.74. The van der Waals surface area contributed by atoms with Crippen LogP contribution in [0.15, 0.2) is 29.0 Å². The predicted octanol–water partition coefficient (Wildman–Crippen LogP) is 1.55. The van der Waals surface area contributed by atoms with E-state index < -0.39 is 17.9 Å². The summed E-state index contributed by atoms with van der Waals surface area (Å²) in [5.41, 5.74) is 7.94. The maximum atomic E-state index is 10.8. The molecule has 0 amide bonds. The molecule has 0 aliphatic heterocycles. The van der Waals surface area contributed by atoms with Crippen LogP contribution in [0.1, 0.15) is 18.5 Å². The van der Waals surface area contributed by atoms with Crippen molar-refractivity contribution in [3.8, 4) is 0 Å². The fourth-order valence-corrected chi connectivity index (χ4v) is 1.52. The van der Waals surface area contributed by atoms with Crippen LogP contribution in [0.4, 0.5) is 0 Å². The third kappa shape index (κ3) is 1.77. The lowest BCUT2D eigenvalue weighted by Gasteiger charge is -2.15. The Morgan fingerprint density at radius 1 is 1.56 bits per heavy atom. The minimum absolute atomic E-state index is 0.549. The van der Waals surface area contributed by atoms with Crippen molar-refractivity contribution in [2.45, 2.75) is 13.0 Å². The molecule has 1 aromatic heterocycles. The molecule has 0 saturated heterocycles. The molecule has 2 atom stereocenters. The molecule has 0 saturated carbocycles. The van der Waals surface area contributed by atoms with Crippen molar-refractivity contribution in [2.24, 2.45) is 11.7 Å². The molecular formula is C11H12N2O3. The Kier molecular flexibility index (Phi) is 2.62. The summed E-state index contributed by atoms with van der Waals surface area (Å²) in [6, 6.07) is 4.72. The minimum atomic E-state index is -0.912. The van der Waals surface area contributed by atoms with E-state index >= 15 is 0 Å². The zero-order valence-corrected chi connectivity index (χ0v) is 8.75. The number of benzene rings is 1. The molecule has 5 nitrogen and oxygen atoms in total. The third-order valence-electron chi connectivity index (χ3n) is 2.67. The Morgan fingerprint density at radius 2 is 2.31 bits per heavy atom. The lowest BCUT2D eigenvalue weighted by Crippen LogP contribution is -2.25. The summed E-state index contributed by atoms with van der Waals surface area (Å²) in [5.74, 6) is -1.55. The summed E-state index contributed by atoms with van der Waals surface area (Å²) in [7, 11) is 0. The molecule has 0 spiro atoms. The molecule has 84 valence electrons. The normalized spacial score (nSPS) is 14.9. The van der Waals surface area contributed by atoms with Gasteiger partial charge in [0, 0.05) is 6.04 Å². The van der Waals surface area contributed by atoms with Gasteiger partial charge in [0.25, 0.3) is 0 Å². The van der Waals surface area contributed by atoms with Gasteiger partial charge in [-0.1, -0.05) is 13.0 Å². The first-order valence-corrected chi connectivity index (χ1v) is 4.91. The van der Waals surface area contributed by atoms with E-state index in [1.165, 1.54) is 6.39 Å². The predicted molar refractivity (Wildman–Crippen MR) is 57.7 cm³/mol. The van der Waals surface area contributed by atoms with Gasteiger partial charge in [-0.2, -0.15) is 0 Å². The van der Waals surface area contributed by atoms with Gasteiger partial charge in [0.05, 0.1) is 5.92 Å². The van der Waals surface area contributed by atoms with E-state index in [1.54, 1.807) is 25.1 Å². The number of carboxylic acids is 1. The molecule has 3 N–H and O–H groups in total. The molecule has 1 heterocycles. The second-order valence-corrected chi connectivity index (χ2v) is 3.73. The van der Waals surface area contributed by atoms with Gasteiger partial charge < -0.3 is 15.3 Å². The number of aliphatic carboxylic acids is 1. The van der Waals surface area contributed by atoms with Crippen LogP contribution >= 0.6 is 0 Å². The van der Waals surface area contributed by atoms with Gasteiger partial charge in [0.2, 0.25) is 0 Å². The summed E-state index contributed by atoms with van der Waals surface area (Å²) in [5, 5.41) is 8.87. The van der Waals surface area contributed by atoms with Crippen molar-refractivity contribution in [3.63, 3.8) is 0 Å². The fourth-order valence-electron chi connectivity index (χ4n) is 1.52. The number of hydrogen-bond acceptors (Lipinski definition) is 4. The number of aromatic nitrogens is 1. The number of rotatable bonds is 3. The Bertz CT molecular complexity index is 521. The molecule has 16 heavy (non-hydrogen) atoms. The van der Waals surface area contributed by atoms with Crippen molar-refractivity contribution >= 4 is 17.1 Å². The summed E-state index contributed by atoms with van der Waals surface area (Å²) < 4.78 is 5.13. The summed E-state index contributed by atoms with van der Waals surface area (Å²) in [6.45, 7) is 1.58. The van der Waals surface area contributed by atoms with Crippen molar-refractivity contribution in [2.75, 3.05) is 0 Å². The highest BCUT2D eigenvalue weighted by Gasteiger charge is 2.21. The fraction of sp³-hybridized carbons (Fsp3) is 0.273. The minimum Gasteiger partial charge on any atom is -0.481 e. The summed E-state index contributed by atoms with van der Waals surface area (Å²) in [6.07, 6.45) is 1.35. The van der Waals surface area contributed by atoms with E-state index in [2.05, 4.69) is 4.98 Å². The average molecular weight is 220 g/mol. The highest BCUT2D eigenvalue weighted by atomic mass is 16.4. The van der Waals surface area contributed by atoms with Crippen LogP contribution in [-0.4, -0.2) is 16.1 Å². The molecule has 5 heteroatoms. The van der Waals surface area contributed by atoms with Gasteiger partial charge >= 0.3 is 5.97 Å². The van der Waals surface area contributed by atoms with Gasteiger partial charge in [-0.05, 0) is 17.7 Å². The number of oxazole rings is 1. The summed E-state index contributed by atoms with van der Waals surface area (Å²) in [4.78, 5) is 14.8. The van der Waals surface area contributed by atoms with Gasteiger partial charge in [0.1, 0.15) is 5.52 Å². The van der Waals surface area contributed by atoms with E-state index in [4.69, 9.17) is 15.3 Å². The van der Waals surface area contributed by atoms with Crippen LogP contribution in [0.3, 0.4) is 0 Å². The second-order valence-electron chi connectivity index (χ2n) is 3.73. The van der Waals surface area contributed by atoms with Crippen LogP contribution in [-0.2, 0) is 4.79 Å². The molecule has 0 bridgehead atoms. The van der Waals surface area contributed by atoms with Gasteiger partial charge in [-0.15, -0.1) is 0 Å². The number of nitrogens with zero attached hydrogens (tertiary/aromatic N) is 1. The first-order chi connectivity index (χ1) is 7.59. The number of carbonyl (C=O) groups is 1. The molecular weight excluding hydrogens is 208 g/mol. The molecule has 2 aromatic rings. The van der Waals surface area contributed by atoms with Crippen molar-refractivity contribution in [1.82, 2.24) is 4.98 Å². The quantitative estimate of drug-likeness (QED) is 0.819. The van der Waals surface area contributed by atoms with Crippen LogP contribution in [0.25, 0.3) is 11.1 Å². The Hall–Kier alpha value is -1.88. The molecule has 0 aliphatic rings. The van der Waals surface area contributed by atoms with E-state index in [-0.39, 0.29) is 0 Å². The maximum Gasteiger partial charge on any atom is 0.308 e. The summed E-state index contributed by atoms with van der Waals surface area (Å²) >= 11 is 0. The Labute approximate surface area is 91.9 Å². The molecule has 2 rings (SSSR count). The Balaban J connectivity index is 2.35. The van der Waals surface area contributed by atoms with Gasteiger partial charge in [0.15, 0.2) is 12.0 Å². The number of nitrogens with two attached hydrogens (primary N) is 1. The topological polar surface area (TPSA) is 89.3 Å². The molecule has 1 aromatic carbocycles. The number of hydrogen-bond donors (Lipinski definition) is 2. The maximum absolute atomic E-state index is 10.8. The van der Waals surface area contributed by atoms with Crippen LogP contribution < -0.4 is 5.73 Å². The lowest BCUT2D eigenvalue weighted by molar-refractivity contribution is -0.141. The largest absolute Gasteiger partial charge is 0.481 e. The first kappa shape index (κ1) is 10.6. The van der Waals surface area contributed by atoms with E-state index in [9.17, 15) is 4.79 Å². The van der Waals surface area contributed by atoms with E-state index in [1.807, 2.05) is 0 Å². The molecule has 0 aliphatic carbocycles. The van der Waals surface area contributed by atoms with Crippen molar-refractivity contribution in [1.29, 1.82) is 0 Å². The van der Waals surface area contributed by atoms with Crippen LogP contribution in [0.2, 0.25) is 0 Å². The van der Waals surface area contributed by atoms with Gasteiger partial charge in [-0.3, -0.25) is 4.79 Å². The number of carboxylic acid groups (broad SMARTS) is 1. The van der Waals surface area contributed by atoms with Gasteiger partial charge in [-0.25, -0.2) is 4.98 Å². The monoisotopic (exact) mass is 220 g/mol.